The predicted molar refractivity (Wildman–Crippen MR) is 53.9 cm³/mol. The molecule has 66 valence electrons. The molecule has 0 fully saturated rings. The van der Waals surface area contributed by atoms with Crippen LogP contribution in [0.5, 0.6) is 0 Å². The fraction of sp³-hybridized carbons (Fsp3) is 0.556. The predicted octanol–water partition coefficient (Wildman–Crippen LogP) is 2.74. The van der Waals surface area contributed by atoms with Crippen LogP contribution in [0.15, 0.2) is 0 Å². The topological polar surface area (TPSA) is 26.0 Å². The van der Waals surface area contributed by atoms with E-state index in [4.69, 9.17) is 17.3 Å². The molecule has 0 spiro atoms. The van der Waals surface area contributed by atoms with Gasteiger partial charge in [0.25, 0.3) is 0 Å². The van der Waals surface area contributed by atoms with Gasteiger partial charge in [0, 0.05) is 11.4 Å². The SMILES string of the molecule is NCc1sc(Cl)c2c1CCCC2. The Morgan fingerprint density at radius 1 is 1.25 bits per heavy atom. The average molecular weight is 202 g/mol. The van der Waals surface area contributed by atoms with Gasteiger partial charge in [-0.3, -0.25) is 0 Å². The van der Waals surface area contributed by atoms with Crippen LogP contribution in [-0.2, 0) is 19.4 Å². The maximum atomic E-state index is 6.10. The second-order valence-corrected chi connectivity index (χ2v) is 4.87. The summed E-state index contributed by atoms with van der Waals surface area (Å²) in [6.07, 6.45) is 4.93. The molecule has 2 N–H and O–H groups in total. The van der Waals surface area contributed by atoms with Gasteiger partial charge in [-0.05, 0) is 36.8 Å². The van der Waals surface area contributed by atoms with Crippen molar-refractivity contribution in [1.29, 1.82) is 0 Å². The van der Waals surface area contributed by atoms with Crippen molar-refractivity contribution in [1.82, 2.24) is 0 Å². The highest BCUT2D eigenvalue weighted by Gasteiger charge is 2.18. The molecule has 12 heavy (non-hydrogen) atoms. The van der Waals surface area contributed by atoms with E-state index in [1.165, 1.54) is 35.3 Å². The maximum absolute atomic E-state index is 6.10. The van der Waals surface area contributed by atoms with Crippen molar-refractivity contribution < 1.29 is 0 Å². The third kappa shape index (κ3) is 1.28. The van der Waals surface area contributed by atoms with Crippen molar-refractivity contribution in [3.8, 4) is 0 Å². The van der Waals surface area contributed by atoms with Crippen LogP contribution in [0.3, 0.4) is 0 Å². The first-order chi connectivity index (χ1) is 5.83. The fourth-order valence-electron chi connectivity index (χ4n) is 1.83. The largest absolute Gasteiger partial charge is 0.326 e. The molecule has 0 aliphatic heterocycles. The first-order valence-corrected chi connectivity index (χ1v) is 5.51. The van der Waals surface area contributed by atoms with Gasteiger partial charge >= 0.3 is 0 Å². The molecular formula is C9H12ClNS. The molecule has 1 aliphatic rings. The van der Waals surface area contributed by atoms with Gasteiger partial charge in [-0.25, -0.2) is 0 Å². The highest BCUT2D eigenvalue weighted by Crippen LogP contribution is 2.37. The zero-order valence-corrected chi connectivity index (χ0v) is 8.47. The Labute approximate surface area is 81.5 Å². The van der Waals surface area contributed by atoms with Gasteiger partial charge in [0.05, 0.1) is 4.34 Å². The molecule has 2 rings (SSSR count). The standard InChI is InChI=1S/C9H12ClNS/c10-9-7-4-2-1-3-6(7)8(5-11)12-9/h1-5,11H2. The molecule has 1 heterocycles. The number of fused-ring (bicyclic) bond motifs is 1. The van der Waals surface area contributed by atoms with E-state index < -0.39 is 0 Å². The van der Waals surface area contributed by atoms with E-state index in [-0.39, 0.29) is 0 Å². The lowest BCUT2D eigenvalue weighted by molar-refractivity contribution is 0.685. The van der Waals surface area contributed by atoms with Gasteiger partial charge in [0.2, 0.25) is 0 Å². The van der Waals surface area contributed by atoms with Crippen LogP contribution in [-0.4, -0.2) is 0 Å². The summed E-state index contributed by atoms with van der Waals surface area (Å²) in [5.41, 5.74) is 8.48. The minimum atomic E-state index is 0.653. The van der Waals surface area contributed by atoms with Gasteiger partial charge in [-0.1, -0.05) is 11.6 Å². The second kappa shape index (κ2) is 3.36. The molecule has 1 aliphatic carbocycles. The molecule has 1 nitrogen and oxygen atoms in total. The molecule has 0 radical (unpaired) electrons. The Morgan fingerprint density at radius 3 is 2.58 bits per heavy atom. The minimum Gasteiger partial charge on any atom is -0.326 e. The van der Waals surface area contributed by atoms with Gasteiger partial charge in [0.1, 0.15) is 0 Å². The van der Waals surface area contributed by atoms with Crippen LogP contribution >= 0.6 is 22.9 Å². The van der Waals surface area contributed by atoms with Gasteiger partial charge < -0.3 is 5.73 Å². The van der Waals surface area contributed by atoms with E-state index in [1.54, 1.807) is 11.3 Å². The van der Waals surface area contributed by atoms with E-state index >= 15 is 0 Å². The zero-order chi connectivity index (χ0) is 8.55. The number of thiophene rings is 1. The van der Waals surface area contributed by atoms with Crippen molar-refractivity contribution in [2.24, 2.45) is 5.73 Å². The lowest BCUT2D eigenvalue weighted by Gasteiger charge is -2.12. The molecule has 1 aromatic heterocycles. The highest BCUT2D eigenvalue weighted by atomic mass is 35.5. The summed E-state index contributed by atoms with van der Waals surface area (Å²) in [7, 11) is 0. The van der Waals surface area contributed by atoms with Crippen LogP contribution in [0.4, 0.5) is 0 Å². The van der Waals surface area contributed by atoms with Gasteiger partial charge in [-0.2, -0.15) is 0 Å². The Balaban J connectivity index is 2.47. The van der Waals surface area contributed by atoms with Crippen LogP contribution in [0.2, 0.25) is 4.34 Å². The first-order valence-electron chi connectivity index (χ1n) is 4.32. The van der Waals surface area contributed by atoms with E-state index in [1.807, 2.05) is 0 Å². The molecule has 0 unspecified atom stereocenters. The lowest BCUT2D eigenvalue weighted by atomic mass is 9.94. The summed E-state index contributed by atoms with van der Waals surface area (Å²) in [6, 6.07) is 0. The summed E-state index contributed by atoms with van der Waals surface area (Å²) in [5, 5.41) is 0. The number of hydrogen-bond donors (Lipinski definition) is 1. The summed E-state index contributed by atoms with van der Waals surface area (Å²) in [4.78, 5) is 1.30. The van der Waals surface area contributed by atoms with Crippen molar-refractivity contribution in [3.63, 3.8) is 0 Å². The summed E-state index contributed by atoms with van der Waals surface area (Å²) < 4.78 is 0.977. The zero-order valence-electron chi connectivity index (χ0n) is 6.90. The second-order valence-electron chi connectivity index (χ2n) is 3.17. The number of halogens is 1. The van der Waals surface area contributed by atoms with Crippen molar-refractivity contribution in [2.75, 3.05) is 0 Å². The summed E-state index contributed by atoms with van der Waals surface area (Å²) in [5.74, 6) is 0. The molecule has 0 amide bonds. The van der Waals surface area contributed by atoms with E-state index in [2.05, 4.69) is 0 Å². The molecule has 3 heteroatoms. The number of hydrogen-bond acceptors (Lipinski definition) is 2. The van der Waals surface area contributed by atoms with E-state index in [0.29, 0.717) is 6.54 Å². The average Bonchev–Trinajstić information content (AvgIpc) is 2.44. The van der Waals surface area contributed by atoms with Gasteiger partial charge in [-0.15, -0.1) is 11.3 Å². The highest BCUT2D eigenvalue weighted by molar-refractivity contribution is 7.16. The quantitative estimate of drug-likeness (QED) is 0.743. The Bertz CT molecular complexity index is 293. The molecular weight excluding hydrogens is 190 g/mol. The normalized spacial score (nSPS) is 16.2. The van der Waals surface area contributed by atoms with Crippen molar-refractivity contribution in [3.05, 3.63) is 20.3 Å². The fourth-order valence-corrected chi connectivity index (χ4v) is 3.31. The minimum absolute atomic E-state index is 0.653. The van der Waals surface area contributed by atoms with E-state index in [9.17, 15) is 0 Å². The summed E-state index contributed by atoms with van der Waals surface area (Å²) >= 11 is 7.78. The molecule has 0 saturated carbocycles. The summed E-state index contributed by atoms with van der Waals surface area (Å²) in [6.45, 7) is 0.653. The monoisotopic (exact) mass is 201 g/mol. The smallest absolute Gasteiger partial charge is 0.0966 e. The number of nitrogens with two attached hydrogens (primary N) is 1. The molecule has 0 saturated heterocycles. The Kier molecular flexibility index (Phi) is 2.40. The molecule has 0 atom stereocenters. The van der Waals surface area contributed by atoms with Crippen molar-refractivity contribution in [2.45, 2.75) is 32.2 Å². The van der Waals surface area contributed by atoms with Crippen LogP contribution in [0.1, 0.15) is 28.8 Å². The third-order valence-corrected chi connectivity index (χ3v) is 3.98. The third-order valence-electron chi connectivity index (χ3n) is 2.44. The van der Waals surface area contributed by atoms with Crippen LogP contribution in [0, 0.1) is 0 Å². The molecule has 1 aromatic rings. The first kappa shape index (κ1) is 8.54. The van der Waals surface area contributed by atoms with E-state index in [0.717, 1.165) is 10.8 Å². The molecule has 0 bridgehead atoms. The van der Waals surface area contributed by atoms with Gasteiger partial charge in [0.15, 0.2) is 0 Å². The Hall–Kier alpha value is -0.0500. The number of rotatable bonds is 1. The Morgan fingerprint density at radius 2 is 1.92 bits per heavy atom. The lowest BCUT2D eigenvalue weighted by Crippen LogP contribution is -2.04. The molecule has 0 aromatic carbocycles. The maximum Gasteiger partial charge on any atom is 0.0966 e. The van der Waals surface area contributed by atoms with Crippen molar-refractivity contribution >= 4 is 22.9 Å². The van der Waals surface area contributed by atoms with Crippen LogP contribution < -0.4 is 5.73 Å². The van der Waals surface area contributed by atoms with Crippen LogP contribution in [0.25, 0.3) is 0 Å².